The molecule has 0 aliphatic rings. The summed E-state index contributed by atoms with van der Waals surface area (Å²) in [6, 6.07) is 14.6. The van der Waals surface area contributed by atoms with Gasteiger partial charge in [-0.25, -0.2) is 22.3 Å². The first-order valence-electron chi connectivity index (χ1n) is 10.1. The fourth-order valence-corrected chi connectivity index (χ4v) is 4.84. The summed E-state index contributed by atoms with van der Waals surface area (Å²) in [5, 5.41) is -0.238. The van der Waals surface area contributed by atoms with Crippen LogP contribution in [-0.2, 0) is 29.2 Å². The summed E-state index contributed by atoms with van der Waals surface area (Å²) in [5.74, 6) is -0.555. The molecule has 11 heteroatoms. The fourth-order valence-electron chi connectivity index (χ4n) is 3.50. The highest BCUT2D eigenvalue weighted by Crippen LogP contribution is 2.34. The van der Waals surface area contributed by atoms with Crippen molar-refractivity contribution >= 4 is 36.9 Å². The predicted octanol–water partition coefficient (Wildman–Crippen LogP) is 5.78. The molecular weight excluding hydrogens is 554 g/mol. The SMILES string of the molecule is O=c1cc(C(F)(F)F)c2cc(Cc3ccc(S(=O)(=O)NCc4ccc(Br)cc4F)cc3)ccc2o1. The standard InChI is InChI=1S/C24H16BrF4NO4S/c25-17-5-4-16(21(26)11-17)13-30-35(32,33)18-6-1-14(2-7-18)9-15-3-8-22-19(10-15)20(24(27,28)29)12-23(31)34-22/h1-8,10-12,30H,9,13H2. The van der Waals surface area contributed by atoms with Crippen molar-refractivity contribution in [3.05, 3.63) is 110 Å². The Hall–Kier alpha value is -3.02. The molecule has 0 saturated carbocycles. The number of nitrogens with one attached hydrogen (secondary N) is 1. The second-order valence-corrected chi connectivity index (χ2v) is 10.4. The molecule has 0 atom stereocenters. The number of halogens is 5. The maximum Gasteiger partial charge on any atom is 0.417 e. The van der Waals surface area contributed by atoms with E-state index in [1.54, 1.807) is 6.07 Å². The molecule has 35 heavy (non-hydrogen) atoms. The molecule has 0 aliphatic carbocycles. The minimum atomic E-state index is -4.73. The average molecular weight is 570 g/mol. The Morgan fingerprint density at radius 3 is 2.26 bits per heavy atom. The molecule has 1 N–H and O–H groups in total. The zero-order chi connectivity index (χ0) is 25.4. The van der Waals surface area contributed by atoms with Crippen LogP contribution < -0.4 is 10.3 Å². The topological polar surface area (TPSA) is 76.4 Å². The molecule has 1 aromatic heterocycles. The van der Waals surface area contributed by atoms with Gasteiger partial charge in [0.1, 0.15) is 11.4 Å². The molecule has 1 heterocycles. The Labute approximate surface area is 205 Å². The van der Waals surface area contributed by atoms with Crippen LogP contribution in [0.4, 0.5) is 17.6 Å². The summed E-state index contributed by atoms with van der Waals surface area (Å²) in [6.45, 7) is -0.238. The molecule has 0 aliphatic heterocycles. The maximum atomic E-state index is 13.9. The molecule has 0 amide bonds. The lowest BCUT2D eigenvalue weighted by Gasteiger charge is -2.11. The highest BCUT2D eigenvalue weighted by molar-refractivity contribution is 9.10. The van der Waals surface area contributed by atoms with E-state index in [1.165, 1.54) is 54.6 Å². The zero-order valence-electron chi connectivity index (χ0n) is 17.7. The first kappa shape index (κ1) is 25.1. The van der Waals surface area contributed by atoms with E-state index >= 15 is 0 Å². The number of fused-ring (bicyclic) bond motifs is 1. The molecule has 5 nitrogen and oxygen atoms in total. The highest BCUT2D eigenvalue weighted by Gasteiger charge is 2.33. The predicted molar refractivity (Wildman–Crippen MR) is 125 cm³/mol. The highest BCUT2D eigenvalue weighted by atomic mass is 79.9. The van der Waals surface area contributed by atoms with Gasteiger partial charge in [-0.05, 0) is 53.9 Å². The minimum absolute atomic E-state index is 0.0431. The van der Waals surface area contributed by atoms with Gasteiger partial charge in [0.05, 0.1) is 10.5 Å². The summed E-state index contributed by atoms with van der Waals surface area (Å²) in [7, 11) is -3.93. The zero-order valence-corrected chi connectivity index (χ0v) is 20.1. The Morgan fingerprint density at radius 2 is 1.60 bits per heavy atom. The number of hydrogen-bond acceptors (Lipinski definition) is 4. The number of rotatable bonds is 6. The van der Waals surface area contributed by atoms with Crippen molar-refractivity contribution in [2.45, 2.75) is 24.0 Å². The molecule has 0 radical (unpaired) electrons. The van der Waals surface area contributed by atoms with Crippen LogP contribution in [0.3, 0.4) is 0 Å². The van der Waals surface area contributed by atoms with Gasteiger partial charge in [0.15, 0.2) is 0 Å². The fraction of sp³-hybridized carbons (Fsp3) is 0.125. The molecule has 0 unspecified atom stereocenters. The molecule has 0 spiro atoms. The number of alkyl halides is 3. The van der Waals surface area contributed by atoms with E-state index in [0.717, 1.165) is 0 Å². The van der Waals surface area contributed by atoms with Crippen LogP contribution in [0, 0.1) is 5.82 Å². The van der Waals surface area contributed by atoms with Crippen molar-refractivity contribution in [1.82, 2.24) is 4.72 Å². The van der Waals surface area contributed by atoms with Crippen LogP contribution in [0.15, 0.2) is 85.3 Å². The van der Waals surface area contributed by atoms with E-state index in [-0.39, 0.29) is 34.4 Å². The van der Waals surface area contributed by atoms with Gasteiger partial charge in [0, 0.05) is 28.0 Å². The molecule has 3 aromatic carbocycles. The Bertz CT molecular complexity index is 1570. The molecular formula is C24H16BrF4NO4S. The lowest BCUT2D eigenvalue weighted by molar-refractivity contribution is -0.136. The van der Waals surface area contributed by atoms with Gasteiger partial charge in [0.25, 0.3) is 0 Å². The van der Waals surface area contributed by atoms with E-state index in [1.807, 2.05) is 0 Å². The molecule has 4 aromatic rings. The van der Waals surface area contributed by atoms with Crippen LogP contribution in [0.1, 0.15) is 22.3 Å². The van der Waals surface area contributed by atoms with Crippen LogP contribution in [0.2, 0.25) is 0 Å². The van der Waals surface area contributed by atoms with Gasteiger partial charge in [-0.15, -0.1) is 0 Å². The maximum absolute atomic E-state index is 13.9. The molecule has 0 fully saturated rings. The number of hydrogen-bond donors (Lipinski definition) is 1. The number of benzene rings is 3. The van der Waals surface area contributed by atoms with Crippen LogP contribution in [0.25, 0.3) is 11.0 Å². The van der Waals surface area contributed by atoms with E-state index < -0.39 is 33.2 Å². The molecule has 0 bridgehead atoms. The quantitative estimate of drug-likeness (QED) is 0.236. The third-order valence-corrected chi connectivity index (χ3v) is 7.13. The lowest BCUT2D eigenvalue weighted by atomic mass is 10.0. The van der Waals surface area contributed by atoms with E-state index in [4.69, 9.17) is 4.42 Å². The van der Waals surface area contributed by atoms with Gasteiger partial charge < -0.3 is 4.42 Å². The summed E-state index contributed by atoms with van der Waals surface area (Å²) < 4.78 is 86.9. The van der Waals surface area contributed by atoms with Crippen molar-refractivity contribution in [3.63, 3.8) is 0 Å². The number of sulfonamides is 1. The van der Waals surface area contributed by atoms with E-state index in [0.29, 0.717) is 21.7 Å². The second-order valence-electron chi connectivity index (χ2n) is 7.69. The third kappa shape index (κ3) is 5.80. The van der Waals surface area contributed by atoms with Crippen molar-refractivity contribution in [2.75, 3.05) is 0 Å². The smallest absolute Gasteiger partial charge is 0.417 e. The van der Waals surface area contributed by atoms with Gasteiger partial charge in [-0.3, -0.25) is 0 Å². The normalized spacial score (nSPS) is 12.3. The van der Waals surface area contributed by atoms with Gasteiger partial charge in [-0.1, -0.05) is 40.2 Å². The van der Waals surface area contributed by atoms with E-state index in [9.17, 15) is 30.8 Å². The second kappa shape index (κ2) is 9.56. The lowest BCUT2D eigenvalue weighted by Crippen LogP contribution is -2.23. The molecule has 182 valence electrons. The monoisotopic (exact) mass is 569 g/mol. The van der Waals surface area contributed by atoms with E-state index in [2.05, 4.69) is 20.7 Å². The summed E-state index contributed by atoms with van der Waals surface area (Å²) in [5.41, 5.74) is -1.02. The largest absolute Gasteiger partial charge is 0.423 e. The van der Waals surface area contributed by atoms with Crippen LogP contribution in [-0.4, -0.2) is 8.42 Å². The van der Waals surface area contributed by atoms with Crippen molar-refractivity contribution < 1.29 is 30.4 Å². The van der Waals surface area contributed by atoms with Crippen LogP contribution >= 0.6 is 15.9 Å². The summed E-state index contributed by atoms with van der Waals surface area (Å²) >= 11 is 3.13. The summed E-state index contributed by atoms with van der Waals surface area (Å²) in [4.78, 5) is 11.4. The van der Waals surface area contributed by atoms with Gasteiger partial charge in [0.2, 0.25) is 10.0 Å². The average Bonchev–Trinajstić information content (AvgIpc) is 2.78. The Kier molecular flexibility index (Phi) is 6.85. The first-order valence-corrected chi connectivity index (χ1v) is 12.4. The van der Waals surface area contributed by atoms with Crippen molar-refractivity contribution in [3.8, 4) is 0 Å². The minimum Gasteiger partial charge on any atom is -0.423 e. The summed E-state index contributed by atoms with van der Waals surface area (Å²) in [6.07, 6.45) is -4.51. The van der Waals surface area contributed by atoms with Gasteiger partial charge >= 0.3 is 11.8 Å². The Morgan fingerprint density at radius 1 is 0.914 bits per heavy atom. The molecule has 0 saturated heterocycles. The molecule has 4 rings (SSSR count). The Balaban J connectivity index is 1.53. The van der Waals surface area contributed by atoms with Gasteiger partial charge in [-0.2, -0.15) is 13.2 Å². The third-order valence-electron chi connectivity index (χ3n) is 5.22. The van der Waals surface area contributed by atoms with Crippen LogP contribution in [0.5, 0.6) is 0 Å². The van der Waals surface area contributed by atoms with Crippen molar-refractivity contribution in [1.29, 1.82) is 0 Å². The van der Waals surface area contributed by atoms with Crippen molar-refractivity contribution in [2.24, 2.45) is 0 Å². The first-order chi connectivity index (χ1) is 16.4.